The van der Waals surface area contributed by atoms with Crippen LogP contribution in [0.2, 0.25) is 0 Å². The van der Waals surface area contributed by atoms with E-state index in [0.29, 0.717) is 32.6 Å². The van der Waals surface area contributed by atoms with Crippen molar-refractivity contribution in [1.82, 2.24) is 15.1 Å². The largest absolute Gasteiger partial charge is 0.344 e. The van der Waals surface area contributed by atoms with E-state index in [0.717, 1.165) is 0 Å². The third kappa shape index (κ3) is 5.28. The average Bonchev–Trinajstić information content (AvgIpc) is 2.86. The molecule has 1 atom stereocenters. The number of carbonyl (C=O) groups excluding carboxylic acids is 3. The number of hydrogen-bond acceptors (Lipinski definition) is 3. The number of hydrogen-bond donors (Lipinski definition) is 1. The van der Waals surface area contributed by atoms with E-state index in [9.17, 15) is 18.8 Å². The summed E-state index contributed by atoms with van der Waals surface area (Å²) in [7, 11) is 0. The summed E-state index contributed by atoms with van der Waals surface area (Å²) in [4.78, 5) is 40.5. The van der Waals surface area contributed by atoms with Gasteiger partial charge >= 0.3 is 0 Å². The number of nitrogens with one attached hydrogen (secondary N) is 1. The number of amides is 3. The Morgan fingerprint density at radius 1 is 1.04 bits per heavy atom. The summed E-state index contributed by atoms with van der Waals surface area (Å²) in [6.07, 6.45) is 0.603. The maximum atomic E-state index is 13.9. The van der Waals surface area contributed by atoms with E-state index in [2.05, 4.69) is 5.32 Å². The van der Waals surface area contributed by atoms with Crippen LogP contribution in [0.25, 0.3) is 0 Å². The van der Waals surface area contributed by atoms with E-state index in [1.807, 2.05) is 0 Å². The lowest BCUT2D eigenvalue weighted by Crippen LogP contribution is -2.50. The average molecular weight is 377 g/mol. The van der Waals surface area contributed by atoms with E-state index in [1.165, 1.54) is 12.1 Å². The Morgan fingerprint density at radius 2 is 1.63 bits per heavy atom. The molecule has 1 saturated heterocycles. The van der Waals surface area contributed by atoms with Gasteiger partial charge in [0.25, 0.3) is 5.91 Å². The quantitative estimate of drug-likeness (QED) is 0.877. The number of halogens is 1. The molecule has 0 saturated carbocycles. The zero-order chi connectivity index (χ0) is 20.2. The first kappa shape index (κ1) is 20.9. The zero-order valence-corrected chi connectivity index (χ0v) is 16.4. The Hall–Kier alpha value is -2.44. The van der Waals surface area contributed by atoms with Crippen molar-refractivity contribution in [3.63, 3.8) is 0 Å². The van der Waals surface area contributed by atoms with Gasteiger partial charge in [-0.05, 0) is 25.5 Å². The first-order chi connectivity index (χ1) is 12.6. The van der Waals surface area contributed by atoms with E-state index in [1.54, 1.807) is 49.6 Å². The summed E-state index contributed by atoms with van der Waals surface area (Å²) in [5.74, 6) is -1.27. The third-order valence-electron chi connectivity index (χ3n) is 4.60. The van der Waals surface area contributed by atoms with Crippen molar-refractivity contribution in [2.75, 3.05) is 26.2 Å². The molecule has 1 heterocycles. The molecule has 1 aliphatic heterocycles. The molecule has 0 spiro atoms. The molecule has 3 amide bonds. The van der Waals surface area contributed by atoms with Gasteiger partial charge in [-0.15, -0.1) is 0 Å². The van der Waals surface area contributed by atoms with Crippen LogP contribution in [0.5, 0.6) is 0 Å². The van der Waals surface area contributed by atoms with Crippen molar-refractivity contribution < 1.29 is 18.8 Å². The van der Waals surface area contributed by atoms with E-state index in [4.69, 9.17) is 0 Å². The monoisotopic (exact) mass is 377 g/mol. The van der Waals surface area contributed by atoms with Gasteiger partial charge in [0.05, 0.1) is 5.56 Å². The summed E-state index contributed by atoms with van der Waals surface area (Å²) in [5, 5.41) is 2.74. The molecule has 0 aromatic heterocycles. The van der Waals surface area contributed by atoms with Gasteiger partial charge in [0.2, 0.25) is 11.8 Å². The van der Waals surface area contributed by atoms with Crippen molar-refractivity contribution in [3.8, 4) is 0 Å². The second-order valence-electron chi connectivity index (χ2n) is 7.90. The third-order valence-corrected chi connectivity index (χ3v) is 4.60. The number of benzene rings is 1. The zero-order valence-electron chi connectivity index (χ0n) is 16.4. The summed E-state index contributed by atoms with van der Waals surface area (Å²) >= 11 is 0. The minimum Gasteiger partial charge on any atom is -0.344 e. The predicted molar refractivity (Wildman–Crippen MR) is 101 cm³/mol. The van der Waals surface area contributed by atoms with Gasteiger partial charge in [-0.25, -0.2) is 4.39 Å². The molecular formula is C20H28FN3O3. The second-order valence-corrected chi connectivity index (χ2v) is 7.90. The normalized spacial score (nSPS) is 16.5. The van der Waals surface area contributed by atoms with Gasteiger partial charge in [0.15, 0.2) is 0 Å². The lowest BCUT2D eigenvalue weighted by molar-refractivity contribution is -0.138. The van der Waals surface area contributed by atoms with Crippen LogP contribution in [-0.2, 0) is 9.59 Å². The van der Waals surface area contributed by atoms with Crippen molar-refractivity contribution >= 4 is 17.7 Å². The van der Waals surface area contributed by atoms with Gasteiger partial charge in [-0.2, -0.15) is 0 Å². The molecule has 7 heteroatoms. The molecule has 1 unspecified atom stereocenters. The van der Waals surface area contributed by atoms with Gasteiger partial charge in [-0.1, -0.05) is 32.9 Å². The van der Waals surface area contributed by atoms with Crippen LogP contribution in [0.1, 0.15) is 44.5 Å². The van der Waals surface area contributed by atoms with Crippen LogP contribution < -0.4 is 5.32 Å². The molecule has 6 nitrogen and oxygen atoms in total. The van der Waals surface area contributed by atoms with Crippen molar-refractivity contribution in [2.45, 2.75) is 40.2 Å². The summed E-state index contributed by atoms with van der Waals surface area (Å²) in [5.41, 5.74) is -0.529. The molecule has 148 valence electrons. The van der Waals surface area contributed by atoms with E-state index < -0.39 is 17.3 Å². The molecule has 1 N–H and O–H groups in total. The topological polar surface area (TPSA) is 69.7 Å². The van der Waals surface area contributed by atoms with Crippen LogP contribution in [0.4, 0.5) is 4.39 Å². The maximum Gasteiger partial charge on any atom is 0.256 e. The van der Waals surface area contributed by atoms with Crippen molar-refractivity contribution in [2.24, 2.45) is 5.41 Å². The fourth-order valence-corrected chi connectivity index (χ4v) is 2.89. The van der Waals surface area contributed by atoms with Crippen molar-refractivity contribution in [1.29, 1.82) is 0 Å². The molecule has 1 aromatic rings. The predicted octanol–water partition coefficient (Wildman–Crippen LogP) is 2.05. The molecule has 27 heavy (non-hydrogen) atoms. The lowest BCUT2D eigenvalue weighted by atomic mass is 9.95. The minimum atomic E-state index is -0.634. The van der Waals surface area contributed by atoms with Gasteiger partial charge in [0, 0.05) is 31.6 Å². The second kappa shape index (κ2) is 8.50. The Labute approximate surface area is 159 Å². The van der Waals surface area contributed by atoms with Gasteiger partial charge in [-0.3, -0.25) is 14.4 Å². The smallest absolute Gasteiger partial charge is 0.256 e. The number of nitrogens with zero attached hydrogens (tertiary/aromatic N) is 2. The fourth-order valence-electron chi connectivity index (χ4n) is 2.89. The molecule has 1 fully saturated rings. The van der Waals surface area contributed by atoms with Crippen molar-refractivity contribution in [3.05, 3.63) is 35.6 Å². The van der Waals surface area contributed by atoms with Crippen LogP contribution >= 0.6 is 0 Å². The van der Waals surface area contributed by atoms with E-state index in [-0.39, 0.29) is 23.3 Å². The van der Waals surface area contributed by atoms with Crippen LogP contribution in [0.15, 0.2) is 24.3 Å². The van der Waals surface area contributed by atoms with Gasteiger partial charge in [0.1, 0.15) is 11.9 Å². The highest BCUT2D eigenvalue weighted by Gasteiger charge is 2.29. The minimum absolute atomic E-state index is 0.0445. The Morgan fingerprint density at radius 3 is 2.26 bits per heavy atom. The maximum absolute atomic E-state index is 13.9. The SMILES string of the molecule is CC(NC(=O)C(C)(C)C)C(=O)N1CCCN(C(=O)c2ccccc2F)CC1. The summed E-state index contributed by atoms with van der Waals surface area (Å²) < 4.78 is 13.9. The van der Waals surface area contributed by atoms with Gasteiger partial charge < -0.3 is 15.1 Å². The highest BCUT2D eigenvalue weighted by Crippen LogP contribution is 2.15. The molecule has 0 aliphatic carbocycles. The highest BCUT2D eigenvalue weighted by atomic mass is 19.1. The van der Waals surface area contributed by atoms with Crippen LogP contribution in [0.3, 0.4) is 0 Å². The first-order valence-corrected chi connectivity index (χ1v) is 9.25. The molecule has 1 aromatic carbocycles. The Kier molecular flexibility index (Phi) is 6.57. The first-order valence-electron chi connectivity index (χ1n) is 9.25. The lowest BCUT2D eigenvalue weighted by Gasteiger charge is -2.27. The highest BCUT2D eigenvalue weighted by molar-refractivity contribution is 5.94. The summed E-state index contributed by atoms with van der Waals surface area (Å²) in [6, 6.07) is 5.27. The molecule has 2 rings (SSSR count). The number of carbonyl (C=O) groups is 3. The Balaban J connectivity index is 1.98. The number of rotatable bonds is 3. The molecule has 1 aliphatic rings. The van der Waals surface area contributed by atoms with Crippen LogP contribution in [-0.4, -0.2) is 59.7 Å². The van der Waals surface area contributed by atoms with Crippen LogP contribution in [0, 0.1) is 11.2 Å². The molecule has 0 radical (unpaired) electrons. The Bertz CT molecular complexity index is 715. The molecule has 0 bridgehead atoms. The van der Waals surface area contributed by atoms with E-state index >= 15 is 0 Å². The summed E-state index contributed by atoms with van der Waals surface area (Å²) in [6.45, 7) is 8.68. The molecular weight excluding hydrogens is 349 g/mol. The fraction of sp³-hybridized carbons (Fsp3) is 0.550. The standard InChI is InChI=1S/C20H28FN3O3/c1-14(22-19(27)20(2,3)4)17(25)23-10-7-11-24(13-12-23)18(26)15-8-5-6-9-16(15)21/h5-6,8-9,14H,7,10-13H2,1-4H3,(H,22,27).